The lowest BCUT2D eigenvalue weighted by atomic mass is 10.0. The predicted molar refractivity (Wildman–Crippen MR) is 109 cm³/mol. The third-order valence-corrected chi connectivity index (χ3v) is 4.90. The Hall–Kier alpha value is -3.95. The van der Waals surface area contributed by atoms with Crippen molar-refractivity contribution in [1.82, 2.24) is 5.32 Å². The van der Waals surface area contributed by atoms with Gasteiger partial charge in [0.25, 0.3) is 5.69 Å². The van der Waals surface area contributed by atoms with Gasteiger partial charge in [-0.15, -0.1) is 0 Å². The summed E-state index contributed by atoms with van der Waals surface area (Å²) in [6.07, 6.45) is 0. The van der Waals surface area contributed by atoms with Gasteiger partial charge in [-0.1, -0.05) is 6.07 Å². The Morgan fingerprint density at radius 1 is 1.20 bits per heavy atom. The maximum absolute atomic E-state index is 13.0. The largest absolute Gasteiger partial charge is 0.495 e. The van der Waals surface area contributed by atoms with Crippen LogP contribution in [0.2, 0.25) is 0 Å². The Kier molecular flexibility index (Phi) is 5.67. The summed E-state index contributed by atoms with van der Waals surface area (Å²) in [5.41, 5.74) is 2.05. The predicted octanol–water partition coefficient (Wildman–Crippen LogP) is 2.53. The minimum atomic E-state index is -1.21. The molecule has 1 saturated heterocycles. The maximum atomic E-state index is 13.0. The zero-order valence-electron chi connectivity index (χ0n) is 16.6. The summed E-state index contributed by atoms with van der Waals surface area (Å²) < 4.78 is 5.12. The lowest BCUT2D eigenvalue weighted by Gasteiger charge is -2.31. The van der Waals surface area contributed by atoms with Gasteiger partial charge in [0.1, 0.15) is 11.7 Å². The van der Waals surface area contributed by atoms with Crippen LogP contribution < -0.4 is 20.3 Å². The number of aryl methyl sites for hydroxylation is 2. The lowest BCUT2D eigenvalue weighted by molar-refractivity contribution is -0.384. The number of non-ortho nitro benzene ring substituents is 1. The van der Waals surface area contributed by atoms with Gasteiger partial charge in [-0.25, -0.2) is 9.69 Å². The van der Waals surface area contributed by atoms with Crippen LogP contribution in [0.1, 0.15) is 11.1 Å². The van der Waals surface area contributed by atoms with E-state index in [2.05, 4.69) is 10.6 Å². The molecule has 2 aromatic rings. The molecule has 1 fully saturated rings. The van der Waals surface area contributed by atoms with Crippen LogP contribution in [0.15, 0.2) is 36.4 Å². The zero-order chi connectivity index (χ0) is 22.0. The third kappa shape index (κ3) is 3.93. The molecule has 4 amide bonds. The summed E-state index contributed by atoms with van der Waals surface area (Å²) in [7, 11) is 1.35. The van der Waals surface area contributed by atoms with Crippen LogP contribution in [0.5, 0.6) is 5.75 Å². The Morgan fingerprint density at radius 3 is 2.57 bits per heavy atom. The molecule has 10 heteroatoms. The van der Waals surface area contributed by atoms with E-state index in [1.807, 2.05) is 13.8 Å². The molecule has 1 unspecified atom stereocenters. The number of amides is 4. The summed E-state index contributed by atoms with van der Waals surface area (Å²) in [5, 5.41) is 16.1. The fourth-order valence-electron chi connectivity index (χ4n) is 3.05. The molecule has 2 aromatic carbocycles. The number of nitrogens with one attached hydrogen (secondary N) is 2. The van der Waals surface area contributed by atoms with Gasteiger partial charge in [-0.3, -0.25) is 19.7 Å². The molecule has 0 radical (unpaired) electrons. The van der Waals surface area contributed by atoms with E-state index in [0.29, 0.717) is 5.69 Å². The van der Waals surface area contributed by atoms with Crippen molar-refractivity contribution >= 4 is 34.9 Å². The van der Waals surface area contributed by atoms with Gasteiger partial charge in [0.05, 0.1) is 23.4 Å². The second-order valence-corrected chi connectivity index (χ2v) is 6.81. The lowest BCUT2D eigenvalue weighted by Crippen LogP contribution is -2.58. The number of carbonyl (C=O) groups is 3. The number of anilines is 2. The molecule has 2 N–H and O–H groups in total. The molecular formula is C20H20N4O6. The van der Waals surface area contributed by atoms with E-state index >= 15 is 0 Å². The number of imide groups is 1. The first-order valence-corrected chi connectivity index (χ1v) is 9.05. The standard InChI is InChI=1S/C20H20N4O6/c1-11-4-5-13(8-12(11)2)23-19(26)15(10-21-20(23)27)18(25)22-16-9-14(24(28)29)6-7-17(16)30-3/h4-9,15H,10H2,1-3H3,(H,21,27)(H,22,25). The molecule has 1 aliphatic heterocycles. The Balaban J connectivity index is 1.87. The highest BCUT2D eigenvalue weighted by molar-refractivity contribution is 6.23. The minimum absolute atomic E-state index is 0.0548. The first-order valence-electron chi connectivity index (χ1n) is 9.05. The van der Waals surface area contributed by atoms with Crippen molar-refractivity contribution in [1.29, 1.82) is 0 Å². The van der Waals surface area contributed by atoms with Gasteiger partial charge in [-0.2, -0.15) is 0 Å². The molecule has 156 valence electrons. The van der Waals surface area contributed by atoms with Crippen LogP contribution in [0.3, 0.4) is 0 Å². The van der Waals surface area contributed by atoms with Crippen LogP contribution in [-0.4, -0.2) is 36.4 Å². The molecule has 1 aliphatic rings. The van der Waals surface area contributed by atoms with E-state index in [4.69, 9.17) is 4.74 Å². The molecule has 1 atom stereocenters. The highest BCUT2D eigenvalue weighted by Gasteiger charge is 2.39. The van der Waals surface area contributed by atoms with Crippen molar-refractivity contribution in [2.24, 2.45) is 5.92 Å². The molecule has 1 heterocycles. The molecule has 0 saturated carbocycles. The fraction of sp³-hybridized carbons (Fsp3) is 0.250. The number of benzene rings is 2. The summed E-state index contributed by atoms with van der Waals surface area (Å²) in [5.74, 6) is -2.42. The van der Waals surface area contributed by atoms with E-state index in [1.54, 1.807) is 18.2 Å². The number of hydrogen-bond donors (Lipinski definition) is 2. The van der Waals surface area contributed by atoms with Crippen LogP contribution in [-0.2, 0) is 9.59 Å². The van der Waals surface area contributed by atoms with Crippen molar-refractivity contribution < 1.29 is 24.0 Å². The summed E-state index contributed by atoms with van der Waals surface area (Å²) in [6, 6.07) is 8.20. The van der Waals surface area contributed by atoms with Gasteiger partial charge in [-0.05, 0) is 43.2 Å². The van der Waals surface area contributed by atoms with Gasteiger partial charge in [0.15, 0.2) is 0 Å². The molecule has 10 nitrogen and oxygen atoms in total. The number of nitro benzene ring substituents is 1. The van der Waals surface area contributed by atoms with Gasteiger partial charge in [0.2, 0.25) is 11.8 Å². The molecule has 0 aromatic heterocycles. The second-order valence-electron chi connectivity index (χ2n) is 6.81. The van der Waals surface area contributed by atoms with Crippen LogP contribution >= 0.6 is 0 Å². The van der Waals surface area contributed by atoms with E-state index in [-0.39, 0.29) is 23.7 Å². The normalized spacial score (nSPS) is 16.1. The number of urea groups is 1. The topological polar surface area (TPSA) is 131 Å². The number of hydrogen-bond acceptors (Lipinski definition) is 6. The average molecular weight is 412 g/mol. The SMILES string of the molecule is COc1ccc([N+](=O)[O-])cc1NC(=O)C1CNC(=O)N(c2ccc(C)c(C)c2)C1=O. The van der Waals surface area contributed by atoms with Crippen LogP contribution in [0.4, 0.5) is 21.9 Å². The zero-order valence-corrected chi connectivity index (χ0v) is 16.6. The summed E-state index contributed by atoms with van der Waals surface area (Å²) in [4.78, 5) is 49.4. The molecular weight excluding hydrogens is 392 g/mol. The molecule has 0 aliphatic carbocycles. The number of rotatable bonds is 5. The Morgan fingerprint density at radius 2 is 1.93 bits per heavy atom. The van der Waals surface area contributed by atoms with Crippen molar-refractivity contribution in [3.05, 3.63) is 57.6 Å². The summed E-state index contributed by atoms with van der Waals surface area (Å²) >= 11 is 0. The molecule has 0 spiro atoms. The number of nitrogens with zero attached hydrogens (tertiary/aromatic N) is 2. The first-order chi connectivity index (χ1) is 14.2. The van der Waals surface area contributed by atoms with Crippen molar-refractivity contribution in [3.8, 4) is 5.75 Å². The van der Waals surface area contributed by atoms with E-state index < -0.39 is 28.7 Å². The molecule has 30 heavy (non-hydrogen) atoms. The summed E-state index contributed by atoms with van der Waals surface area (Å²) in [6.45, 7) is 3.56. The number of nitro groups is 1. The van der Waals surface area contributed by atoms with Crippen LogP contribution in [0, 0.1) is 29.9 Å². The van der Waals surface area contributed by atoms with Crippen LogP contribution in [0.25, 0.3) is 0 Å². The highest BCUT2D eigenvalue weighted by atomic mass is 16.6. The maximum Gasteiger partial charge on any atom is 0.328 e. The number of carbonyl (C=O) groups excluding carboxylic acids is 3. The van der Waals surface area contributed by atoms with Crippen molar-refractivity contribution in [2.45, 2.75) is 13.8 Å². The highest BCUT2D eigenvalue weighted by Crippen LogP contribution is 2.30. The second kappa shape index (κ2) is 8.19. The molecule has 3 rings (SSSR count). The van der Waals surface area contributed by atoms with Gasteiger partial charge in [0, 0.05) is 18.7 Å². The van der Waals surface area contributed by atoms with Gasteiger partial charge >= 0.3 is 6.03 Å². The average Bonchev–Trinajstić information content (AvgIpc) is 2.70. The van der Waals surface area contributed by atoms with E-state index in [9.17, 15) is 24.5 Å². The molecule has 0 bridgehead atoms. The monoisotopic (exact) mass is 412 g/mol. The minimum Gasteiger partial charge on any atom is -0.495 e. The fourth-order valence-corrected chi connectivity index (χ4v) is 3.05. The van der Waals surface area contributed by atoms with E-state index in [0.717, 1.165) is 22.1 Å². The third-order valence-electron chi connectivity index (χ3n) is 4.90. The van der Waals surface area contributed by atoms with Gasteiger partial charge < -0.3 is 15.4 Å². The number of ether oxygens (including phenoxy) is 1. The quantitative estimate of drug-likeness (QED) is 0.441. The smallest absolute Gasteiger partial charge is 0.328 e. The van der Waals surface area contributed by atoms with Crippen molar-refractivity contribution in [2.75, 3.05) is 23.9 Å². The Labute approximate surface area is 172 Å². The van der Waals surface area contributed by atoms with Crippen molar-refractivity contribution in [3.63, 3.8) is 0 Å². The Bertz CT molecular complexity index is 1050. The number of methoxy groups -OCH3 is 1. The first kappa shape index (κ1) is 20.8. The van der Waals surface area contributed by atoms with E-state index in [1.165, 1.54) is 19.2 Å².